The number of benzene rings is 1. The van der Waals surface area contributed by atoms with Crippen molar-refractivity contribution in [2.75, 3.05) is 6.54 Å². The van der Waals surface area contributed by atoms with Gasteiger partial charge in [-0.05, 0) is 36.4 Å². The lowest BCUT2D eigenvalue weighted by Crippen LogP contribution is -2.51. The summed E-state index contributed by atoms with van der Waals surface area (Å²) >= 11 is 7.99. The molecule has 31 heavy (non-hydrogen) atoms. The summed E-state index contributed by atoms with van der Waals surface area (Å²) in [5.74, 6) is 0.213. The van der Waals surface area contributed by atoms with E-state index in [2.05, 4.69) is 21.8 Å². The van der Waals surface area contributed by atoms with Crippen molar-refractivity contribution in [1.82, 2.24) is 14.9 Å². The van der Waals surface area contributed by atoms with E-state index in [-0.39, 0.29) is 0 Å². The molecule has 2 aromatic heterocycles. The lowest BCUT2D eigenvalue weighted by Gasteiger charge is -2.26. The summed E-state index contributed by atoms with van der Waals surface area (Å²) in [6, 6.07) is 11.8. The van der Waals surface area contributed by atoms with Gasteiger partial charge in [-0.3, -0.25) is 4.79 Å². The Hall–Kier alpha value is -2.15. The van der Waals surface area contributed by atoms with Crippen LogP contribution in [0.4, 0.5) is 0 Å². The van der Waals surface area contributed by atoms with Gasteiger partial charge in [-0.25, -0.2) is 4.98 Å². The lowest BCUT2D eigenvalue weighted by molar-refractivity contribution is -0.144. The highest BCUT2D eigenvalue weighted by Crippen LogP contribution is 2.21. The van der Waals surface area contributed by atoms with Gasteiger partial charge in [0.2, 0.25) is 0 Å². The molecule has 5 nitrogen and oxygen atoms in total. The van der Waals surface area contributed by atoms with Crippen molar-refractivity contribution in [3.05, 3.63) is 75.0 Å². The van der Waals surface area contributed by atoms with E-state index in [4.69, 9.17) is 11.6 Å². The molecule has 3 rings (SSSR count). The first-order chi connectivity index (χ1) is 14.9. The summed E-state index contributed by atoms with van der Waals surface area (Å²) in [4.78, 5) is 17.7. The molecule has 0 aliphatic heterocycles. The summed E-state index contributed by atoms with van der Waals surface area (Å²) in [7, 11) is 0. The molecule has 2 heterocycles. The molecule has 0 spiro atoms. The first-order valence-corrected chi connectivity index (χ1v) is 12.0. The Morgan fingerprint density at radius 3 is 2.74 bits per heavy atom. The summed E-state index contributed by atoms with van der Waals surface area (Å²) < 4.78 is 2.23. The minimum atomic E-state index is -1.01. The Balaban J connectivity index is 1.73. The lowest BCUT2D eigenvalue weighted by atomic mass is 9.96. The highest BCUT2D eigenvalue weighted by Gasteiger charge is 2.33. The smallest absolute Gasteiger partial charge is 0.323 e. The van der Waals surface area contributed by atoms with E-state index < -0.39 is 11.5 Å². The summed E-state index contributed by atoms with van der Waals surface area (Å²) in [6.45, 7) is 5.14. The van der Waals surface area contributed by atoms with Gasteiger partial charge in [0.15, 0.2) is 0 Å². The second kappa shape index (κ2) is 10.9. The van der Waals surface area contributed by atoms with Crippen molar-refractivity contribution in [1.29, 1.82) is 0 Å². The summed E-state index contributed by atoms with van der Waals surface area (Å²) in [5.41, 5.74) is 1.13. The number of aryl methyl sites for hydroxylation is 1. The number of hydrogen-bond donors (Lipinski definition) is 2. The maximum absolute atomic E-state index is 12.0. The molecule has 1 aromatic carbocycles. The van der Waals surface area contributed by atoms with Crippen LogP contribution >= 0.6 is 22.9 Å². The second-order valence-corrected chi connectivity index (χ2v) is 9.46. The zero-order chi connectivity index (χ0) is 22.3. The highest BCUT2D eigenvalue weighted by atomic mass is 35.5. The van der Waals surface area contributed by atoms with Crippen LogP contribution in [0.2, 0.25) is 5.02 Å². The number of thiophene rings is 1. The van der Waals surface area contributed by atoms with Crippen LogP contribution in [-0.2, 0) is 30.6 Å². The molecule has 0 saturated heterocycles. The quantitative estimate of drug-likeness (QED) is 0.390. The Kier molecular flexibility index (Phi) is 8.29. The summed E-state index contributed by atoms with van der Waals surface area (Å²) in [5, 5.41) is 15.8. The van der Waals surface area contributed by atoms with Gasteiger partial charge in [0, 0.05) is 47.6 Å². The number of imidazole rings is 1. The third-order valence-corrected chi connectivity index (χ3v) is 6.78. The highest BCUT2D eigenvalue weighted by molar-refractivity contribution is 7.09. The minimum absolute atomic E-state index is 0.459. The zero-order valence-electron chi connectivity index (χ0n) is 18.1. The Bertz CT molecular complexity index is 987. The predicted molar refractivity (Wildman–Crippen MR) is 127 cm³/mol. The molecule has 7 heteroatoms. The largest absolute Gasteiger partial charge is 0.480 e. The third kappa shape index (κ3) is 6.19. The first-order valence-electron chi connectivity index (χ1n) is 10.7. The number of carboxylic acid groups (broad SMARTS) is 1. The van der Waals surface area contributed by atoms with Gasteiger partial charge < -0.3 is 15.0 Å². The van der Waals surface area contributed by atoms with Crippen molar-refractivity contribution in [2.24, 2.45) is 0 Å². The molecule has 0 radical (unpaired) electrons. The number of nitrogens with one attached hydrogen (secondary N) is 1. The van der Waals surface area contributed by atoms with Crippen molar-refractivity contribution >= 4 is 28.9 Å². The number of hydrogen-bond acceptors (Lipinski definition) is 4. The van der Waals surface area contributed by atoms with Crippen LogP contribution in [0.3, 0.4) is 0 Å². The van der Waals surface area contributed by atoms with Crippen LogP contribution in [0, 0.1) is 0 Å². The SMILES string of the molecule is CCCCc1ncc(CCN[C@@](C)(Cc2cccs2)C(=O)O)n1Cc1ccccc1Cl. The average Bonchev–Trinajstić information content (AvgIpc) is 3.38. The zero-order valence-corrected chi connectivity index (χ0v) is 19.7. The van der Waals surface area contributed by atoms with Gasteiger partial charge in [-0.2, -0.15) is 0 Å². The van der Waals surface area contributed by atoms with Gasteiger partial charge in [-0.15, -0.1) is 11.3 Å². The molecular weight excluding hydrogens is 430 g/mol. The Morgan fingerprint density at radius 1 is 1.26 bits per heavy atom. The number of aliphatic carboxylic acids is 1. The van der Waals surface area contributed by atoms with Gasteiger partial charge in [0.1, 0.15) is 11.4 Å². The molecule has 2 N–H and O–H groups in total. The molecule has 0 bridgehead atoms. The van der Waals surface area contributed by atoms with E-state index in [0.29, 0.717) is 25.9 Å². The number of carbonyl (C=O) groups is 1. The fourth-order valence-electron chi connectivity index (χ4n) is 3.62. The van der Waals surface area contributed by atoms with Crippen LogP contribution in [-0.4, -0.2) is 32.7 Å². The van der Waals surface area contributed by atoms with Gasteiger partial charge in [0.25, 0.3) is 0 Å². The molecule has 166 valence electrons. The van der Waals surface area contributed by atoms with E-state index in [0.717, 1.165) is 46.2 Å². The van der Waals surface area contributed by atoms with Crippen LogP contribution in [0.1, 0.15) is 48.6 Å². The van der Waals surface area contributed by atoms with Crippen LogP contribution in [0.25, 0.3) is 0 Å². The normalized spacial score (nSPS) is 13.3. The minimum Gasteiger partial charge on any atom is -0.480 e. The van der Waals surface area contributed by atoms with Crippen molar-refractivity contribution in [3.63, 3.8) is 0 Å². The van der Waals surface area contributed by atoms with E-state index >= 15 is 0 Å². The van der Waals surface area contributed by atoms with Gasteiger partial charge >= 0.3 is 5.97 Å². The first kappa shape index (κ1) is 23.5. The predicted octanol–water partition coefficient (Wildman–Crippen LogP) is 5.21. The van der Waals surface area contributed by atoms with Crippen LogP contribution in [0.5, 0.6) is 0 Å². The monoisotopic (exact) mass is 459 g/mol. The number of unbranched alkanes of at least 4 members (excludes halogenated alkanes) is 1. The van der Waals surface area contributed by atoms with Gasteiger partial charge in [0.05, 0.1) is 6.54 Å². The summed E-state index contributed by atoms with van der Waals surface area (Å²) in [6.07, 6.45) is 6.17. The van der Waals surface area contributed by atoms with Crippen LogP contribution < -0.4 is 5.32 Å². The van der Waals surface area contributed by atoms with Crippen molar-refractivity contribution in [2.45, 2.75) is 58.0 Å². The van der Waals surface area contributed by atoms with E-state index in [9.17, 15) is 9.90 Å². The molecular formula is C24H30ClN3O2S. The average molecular weight is 460 g/mol. The Morgan fingerprint density at radius 2 is 2.06 bits per heavy atom. The molecule has 3 aromatic rings. The number of rotatable bonds is 12. The maximum Gasteiger partial charge on any atom is 0.323 e. The third-order valence-electron chi connectivity index (χ3n) is 5.54. The topological polar surface area (TPSA) is 67.2 Å². The van der Waals surface area contributed by atoms with Gasteiger partial charge in [-0.1, -0.05) is 49.2 Å². The number of carboxylic acids is 1. The second-order valence-electron chi connectivity index (χ2n) is 8.02. The van der Waals surface area contributed by atoms with E-state index in [1.165, 1.54) is 0 Å². The number of nitrogens with zero attached hydrogens (tertiary/aromatic N) is 2. The van der Waals surface area contributed by atoms with Crippen LogP contribution in [0.15, 0.2) is 48.0 Å². The molecule has 0 amide bonds. The fraction of sp³-hybridized carbons (Fsp3) is 0.417. The number of aromatic nitrogens is 2. The molecule has 0 saturated carbocycles. The van der Waals surface area contributed by atoms with Crippen molar-refractivity contribution in [3.8, 4) is 0 Å². The van der Waals surface area contributed by atoms with E-state index in [1.54, 1.807) is 18.3 Å². The number of halogens is 1. The molecule has 0 fully saturated rings. The molecule has 0 unspecified atom stereocenters. The molecule has 1 atom stereocenters. The van der Waals surface area contributed by atoms with Crippen molar-refractivity contribution < 1.29 is 9.90 Å². The van der Waals surface area contributed by atoms with E-state index in [1.807, 2.05) is 48.0 Å². The maximum atomic E-state index is 12.0. The standard InChI is InChI=1S/C24H30ClN3O2S/c1-3-4-11-22-26-16-19(28(22)17-18-8-5-6-10-21(18)25)12-13-27-24(2,23(29)30)15-20-9-7-14-31-20/h5-10,14,16,27H,3-4,11-13,15,17H2,1-2H3,(H,29,30)/t24-/m0/s1. The Labute approximate surface area is 193 Å². The molecule has 0 aliphatic rings. The molecule has 0 aliphatic carbocycles. The fourth-order valence-corrected chi connectivity index (χ4v) is 4.68.